The molecule has 1 aromatic carbocycles. The minimum Gasteiger partial charge on any atom is -0.391 e. The van der Waals surface area contributed by atoms with Gasteiger partial charge < -0.3 is 10.0 Å². The zero-order valence-corrected chi connectivity index (χ0v) is 12.7. The molecule has 0 bridgehead atoms. The summed E-state index contributed by atoms with van der Waals surface area (Å²) >= 11 is 0. The molecule has 2 rings (SSSR count). The highest BCUT2D eigenvalue weighted by atomic mass is 16.3. The molecule has 2 heteroatoms. The number of β-amino-alcohol motifs (C(OH)–C–C–N with tert-alkyl or cyclic N) is 1. The third-order valence-corrected chi connectivity index (χ3v) is 4.45. The molecule has 1 atom stereocenters. The SMILES string of the molecule is CCc1cccc(CC)c1N1CC(O)CCC1(C)C. The zero-order chi connectivity index (χ0) is 14.0. The predicted octanol–water partition coefficient (Wildman–Crippen LogP) is 3.55. The van der Waals surface area contributed by atoms with E-state index in [1.807, 2.05) is 0 Å². The van der Waals surface area contributed by atoms with Crippen molar-refractivity contribution in [2.45, 2.75) is 65.0 Å². The van der Waals surface area contributed by atoms with Crippen LogP contribution in [-0.2, 0) is 12.8 Å². The highest BCUT2D eigenvalue weighted by Gasteiger charge is 2.35. The highest BCUT2D eigenvalue weighted by Crippen LogP contribution is 2.37. The monoisotopic (exact) mass is 261 g/mol. The molecule has 0 aromatic heterocycles. The van der Waals surface area contributed by atoms with Gasteiger partial charge in [0.25, 0.3) is 0 Å². The van der Waals surface area contributed by atoms with E-state index in [1.54, 1.807) is 0 Å². The number of anilines is 1. The number of rotatable bonds is 3. The van der Waals surface area contributed by atoms with Gasteiger partial charge in [0.05, 0.1) is 6.10 Å². The molecule has 1 saturated heterocycles. The summed E-state index contributed by atoms with van der Waals surface area (Å²) in [5.74, 6) is 0. The fourth-order valence-electron chi connectivity index (χ4n) is 3.16. The maximum absolute atomic E-state index is 10.1. The molecule has 19 heavy (non-hydrogen) atoms. The van der Waals surface area contributed by atoms with Crippen LogP contribution in [0.1, 0.15) is 51.7 Å². The van der Waals surface area contributed by atoms with Gasteiger partial charge in [-0.15, -0.1) is 0 Å². The van der Waals surface area contributed by atoms with Crippen LogP contribution in [-0.4, -0.2) is 23.3 Å². The van der Waals surface area contributed by atoms with Gasteiger partial charge in [-0.2, -0.15) is 0 Å². The van der Waals surface area contributed by atoms with E-state index in [0.29, 0.717) is 0 Å². The van der Waals surface area contributed by atoms with Gasteiger partial charge in [0.1, 0.15) is 0 Å². The molecule has 1 aromatic rings. The van der Waals surface area contributed by atoms with E-state index in [0.717, 1.165) is 32.2 Å². The van der Waals surface area contributed by atoms with Crippen LogP contribution < -0.4 is 4.90 Å². The molecule has 0 saturated carbocycles. The van der Waals surface area contributed by atoms with Crippen LogP contribution in [0, 0.1) is 0 Å². The number of aliphatic hydroxyl groups excluding tert-OH is 1. The van der Waals surface area contributed by atoms with E-state index in [1.165, 1.54) is 16.8 Å². The summed E-state index contributed by atoms with van der Waals surface area (Å²) in [4.78, 5) is 2.44. The minimum atomic E-state index is -0.192. The molecule has 106 valence electrons. The molecule has 0 aliphatic carbocycles. The lowest BCUT2D eigenvalue weighted by Crippen LogP contribution is -2.53. The van der Waals surface area contributed by atoms with Gasteiger partial charge in [0.15, 0.2) is 0 Å². The first-order chi connectivity index (χ1) is 8.99. The number of hydrogen-bond acceptors (Lipinski definition) is 2. The number of para-hydroxylation sites is 1. The Hall–Kier alpha value is -1.02. The van der Waals surface area contributed by atoms with Crippen molar-refractivity contribution in [3.8, 4) is 0 Å². The summed E-state index contributed by atoms with van der Waals surface area (Å²) in [5.41, 5.74) is 4.31. The molecule has 0 spiro atoms. The van der Waals surface area contributed by atoms with Crippen molar-refractivity contribution in [3.05, 3.63) is 29.3 Å². The van der Waals surface area contributed by atoms with E-state index in [2.05, 4.69) is 50.8 Å². The van der Waals surface area contributed by atoms with E-state index in [-0.39, 0.29) is 11.6 Å². The third-order valence-electron chi connectivity index (χ3n) is 4.45. The van der Waals surface area contributed by atoms with Crippen LogP contribution in [0.5, 0.6) is 0 Å². The summed E-state index contributed by atoms with van der Waals surface area (Å²) in [7, 11) is 0. The predicted molar refractivity (Wildman–Crippen MR) is 81.9 cm³/mol. The number of piperidine rings is 1. The van der Waals surface area contributed by atoms with Crippen molar-refractivity contribution in [2.24, 2.45) is 0 Å². The van der Waals surface area contributed by atoms with Crippen molar-refractivity contribution in [3.63, 3.8) is 0 Å². The molecule has 0 radical (unpaired) electrons. The Kier molecular flexibility index (Phi) is 4.19. The second-order valence-corrected chi connectivity index (χ2v) is 6.25. The smallest absolute Gasteiger partial charge is 0.0716 e. The Labute approximate surface area is 117 Å². The van der Waals surface area contributed by atoms with Gasteiger partial charge in [-0.3, -0.25) is 0 Å². The van der Waals surface area contributed by atoms with E-state index < -0.39 is 0 Å². The van der Waals surface area contributed by atoms with Crippen LogP contribution in [0.2, 0.25) is 0 Å². The third kappa shape index (κ3) is 2.79. The Bertz CT molecular complexity index is 417. The average molecular weight is 261 g/mol. The van der Waals surface area contributed by atoms with E-state index >= 15 is 0 Å². The lowest BCUT2D eigenvalue weighted by Gasteiger charge is -2.47. The summed E-state index contributed by atoms with van der Waals surface area (Å²) < 4.78 is 0. The van der Waals surface area contributed by atoms with Gasteiger partial charge >= 0.3 is 0 Å². The van der Waals surface area contributed by atoms with Crippen LogP contribution in [0.3, 0.4) is 0 Å². The van der Waals surface area contributed by atoms with Crippen LogP contribution in [0.4, 0.5) is 5.69 Å². The minimum absolute atomic E-state index is 0.133. The lowest BCUT2D eigenvalue weighted by atomic mass is 9.86. The van der Waals surface area contributed by atoms with Crippen molar-refractivity contribution >= 4 is 5.69 Å². The van der Waals surface area contributed by atoms with Crippen molar-refractivity contribution in [1.82, 2.24) is 0 Å². The summed E-state index contributed by atoms with van der Waals surface area (Å²) in [5, 5.41) is 10.1. The number of aryl methyl sites for hydroxylation is 2. The normalized spacial score (nSPS) is 22.6. The van der Waals surface area contributed by atoms with Crippen LogP contribution in [0.15, 0.2) is 18.2 Å². The average Bonchev–Trinajstić information content (AvgIpc) is 2.40. The Balaban J connectivity index is 2.49. The van der Waals surface area contributed by atoms with E-state index in [9.17, 15) is 5.11 Å². The Morgan fingerprint density at radius 3 is 2.32 bits per heavy atom. The summed E-state index contributed by atoms with van der Waals surface area (Å²) in [6.45, 7) is 9.78. The Morgan fingerprint density at radius 1 is 1.21 bits per heavy atom. The van der Waals surface area contributed by atoms with Gasteiger partial charge in [-0.1, -0.05) is 32.0 Å². The van der Waals surface area contributed by atoms with Crippen molar-refractivity contribution < 1.29 is 5.11 Å². The molecular weight excluding hydrogens is 234 g/mol. The largest absolute Gasteiger partial charge is 0.391 e. The fourth-order valence-corrected chi connectivity index (χ4v) is 3.16. The molecule has 0 amide bonds. The Morgan fingerprint density at radius 2 is 1.79 bits per heavy atom. The molecule has 1 heterocycles. The maximum atomic E-state index is 10.1. The van der Waals surface area contributed by atoms with E-state index in [4.69, 9.17) is 0 Å². The first-order valence-corrected chi connectivity index (χ1v) is 7.56. The molecule has 1 aliphatic rings. The number of benzene rings is 1. The number of aliphatic hydroxyl groups is 1. The van der Waals surface area contributed by atoms with Crippen LogP contribution >= 0.6 is 0 Å². The molecular formula is C17H27NO. The van der Waals surface area contributed by atoms with Gasteiger partial charge in [0.2, 0.25) is 0 Å². The number of hydrogen-bond donors (Lipinski definition) is 1. The zero-order valence-electron chi connectivity index (χ0n) is 12.7. The maximum Gasteiger partial charge on any atom is 0.0716 e. The highest BCUT2D eigenvalue weighted by molar-refractivity contribution is 5.62. The van der Waals surface area contributed by atoms with Gasteiger partial charge in [0, 0.05) is 17.8 Å². The van der Waals surface area contributed by atoms with Gasteiger partial charge in [-0.05, 0) is 50.7 Å². The molecule has 1 unspecified atom stereocenters. The molecule has 1 N–H and O–H groups in total. The summed E-state index contributed by atoms with van der Waals surface area (Å²) in [6, 6.07) is 6.62. The van der Waals surface area contributed by atoms with Crippen molar-refractivity contribution in [1.29, 1.82) is 0 Å². The fraction of sp³-hybridized carbons (Fsp3) is 0.647. The van der Waals surface area contributed by atoms with Crippen LogP contribution in [0.25, 0.3) is 0 Å². The summed E-state index contributed by atoms with van der Waals surface area (Å²) in [6.07, 6.45) is 3.87. The quantitative estimate of drug-likeness (QED) is 0.899. The first-order valence-electron chi connectivity index (χ1n) is 7.56. The topological polar surface area (TPSA) is 23.5 Å². The molecule has 1 aliphatic heterocycles. The number of nitrogens with zero attached hydrogens (tertiary/aromatic N) is 1. The van der Waals surface area contributed by atoms with Crippen molar-refractivity contribution in [2.75, 3.05) is 11.4 Å². The molecule has 1 fully saturated rings. The second-order valence-electron chi connectivity index (χ2n) is 6.25. The standard InChI is InChI=1S/C17H27NO/c1-5-13-8-7-9-14(6-2)16(13)18-12-15(19)10-11-17(18,3)4/h7-9,15,19H,5-6,10-12H2,1-4H3. The van der Waals surface area contributed by atoms with Gasteiger partial charge in [-0.25, -0.2) is 0 Å². The second kappa shape index (κ2) is 5.54. The lowest BCUT2D eigenvalue weighted by molar-refractivity contribution is 0.125. The first kappa shape index (κ1) is 14.4. The molecule has 2 nitrogen and oxygen atoms in total.